The Morgan fingerprint density at radius 3 is 2.50 bits per heavy atom. The van der Waals surface area contributed by atoms with Crippen LogP contribution in [-0.2, 0) is 9.53 Å². The van der Waals surface area contributed by atoms with Crippen molar-refractivity contribution >= 4 is 23.4 Å². The summed E-state index contributed by atoms with van der Waals surface area (Å²) in [5.41, 5.74) is 2.15. The third-order valence-electron chi connectivity index (χ3n) is 6.00. The van der Waals surface area contributed by atoms with E-state index in [1.54, 1.807) is 19.1 Å². The first kappa shape index (κ1) is 23.3. The lowest BCUT2D eigenvalue weighted by atomic mass is 9.93. The summed E-state index contributed by atoms with van der Waals surface area (Å²) in [4.78, 5) is 25.5. The number of aromatic nitrogens is 1. The average Bonchev–Trinajstić information content (AvgIpc) is 3.19. The van der Waals surface area contributed by atoms with Gasteiger partial charge in [0.2, 0.25) is 0 Å². The highest BCUT2D eigenvalue weighted by Gasteiger charge is 2.24. The maximum absolute atomic E-state index is 14.3. The molecular weight excluding hydrogens is 441 g/mol. The molecule has 0 aliphatic carbocycles. The maximum Gasteiger partial charge on any atom is 0.412 e. The second-order valence-corrected chi connectivity index (χ2v) is 8.34. The van der Waals surface area contributed by atoms with Gasteiger partial charge in [-0.05, 0) is 60.7 Å². The molecule has 1 fully saturated rings. The number of carboxylic acids is 1. The van der Waals surface area contributed by atoms with Gasteiger partial charge in [0.1, 0.15) is 11.8 Å². The molecule has 1 aliphatic heterocycles. The number of hydrogen-bond donors (Lipinski definition) is 2. The molecular formula is C25H26FN3O5. The van der Waals surface area contributed by atoms with Crippen molar-refractivity contribution in [1.29, 1.82) is 0 Å². The molecule has 9 heteroatoms. The number of carboxylic acid groups (broad SMARTS) is 1. The number of amides is 1. The van der Waals surface area contributed by atoms with Gasteiger partial charge in [0.05, 0.1) is 0 Å². The maximum atomic E-state index is 14.3. The zero-order chi connectivity index (χ0) is 24.1. The number of benzene rings is 2. The van der Waals surface area contributed by atoms with Crippen LogP contribution >= 0.6 is 0 Å². The highest BCUT2D eigenvalue weighted by molar-refractivity contribution is 5.90. The molecule has 2 aromatic carbocycles. The first-order valence-electron chi connectivity index (χ1n) is 11.2. The molecule has 1 aliphatic rings. The largest absolute Gasteiger partial charge is 0.481 e. The predicted octanol–water partition coefficient (Wildman–Crippen LogP) is 5.48. The average molecular weight is 467 g/mol. The lowest BCUT2D eigenvalue weighted by molar-refractivity contribution is -0.138. The SMILES string of the molecule is CC(OC(=O)Nc1c(F)noc1-c1ccc(N2CCC(CC(=O)O)CC2)cc1)c1ccccc1. The van der Waals surface area contributed by atoms with Crippen LogP contribution in [0, 0.1) is 11.9 Å². The van der Waals surface area contributed by atoms with Crippen LogP contribution in [0.5, 0.6) is 0 Å². The van der Waals surface area contributed by atoms with Crippen molar-refractivity contribution in [3.8, 4) is 11.3 Å². The van der Waals surface area contributed by atoms with Crippen LogP contribution in [0.25, 0.3) is 11.3 Å². The molecule has 1 unspecified atom stereocenters. The van der Waals surface area contributed by atoms with Crippen LogP contribution in [0.2, 0.25) is 0 Å². The third kappa shape index (κ3) is 5.54. The number of carbonyl (C=O) groups excluding carboxylic acids is 1. The van der Waals surface area contributed by atoms with E-state index in [1.165, 1.54) is 0 Å². The van der Waals surface area contributed by atoms with Gasteiger partial charge < -0.3 is 19.3 Å². The van der Waals surface area contributed by atoms with E-state index in [1.807, 2.05) is 42.5 Å². The van der Waals surface area contributed by atoms with E-state index in [4.69, 9.17) is 14.4 Å². The Bertz CT molecular complexity index is 1130. The van der Waals surface area contributed by atoms with Crippen molar-refractivity contribution < 1.29 is 28.3 Å². The van der Waals surface area contributed by atoms with Crippen molar-refractivity contribution in [1.82, 2.24) is 5.16 Å². The summed E-state index contributed by atoms with van der Waals surface area (Å²) in [6, 6.07) is 16.5. The minimum Gasteiger partial charge on any atom is -0.481 e. The van der Waals surface area contributed by atoms with Crippen LogP contribution < -0.4 is 10.2 Å². The molecule has 1 aromatic heterocycles. The molecule has 178 valence electrons. The zero-order valence-electron chi connectivity index (χ0n) is 18.7. The van der Waals surface area contributed by atoms with Gasteiger partial charge >= 0.3 is 12.1 Å². The molecule has 1 amide bonds. The number of nitrogens with zero attached hydrogens (tertiary/aromatic N) is 2. The van der Waals surface area contributed by atoms with E-state index in [0.717, 1.165) is 37.2 Å². The van der Waals surface area contributed by atoms with E-state index in [2.05, 4.69) is 15.4 Å². The van der Waals surface area contributed by atoms with E-state index in [9.17, 15) is 14.0 Å². The van der Waals surface area contributed by atoms with Gasteiger partial charge in [-0.3, -0.25) is 10.1 Å². The quantitative estimate of drug-likeness (QED) is 0.474. The Hall–Kier alpha value is -3.88. The Morgan fingerprint density at radius 2 is 1.85 bits per heavy atom. The summed E-state index contributed by atoms with van der Waals surface area (Å²) in [7, 11) is 0. The monoisotopic (exact) mass is 467 g/mol. The van der Waals surface area contributed by atoms with Crippen molar-refractivity contribution in [3.63, 3.8) is 0 Å². The minimum absolute atomic E-state index is 0.0912. The van der Waals surface area contributed by atoms with Crippen LogP contribution in [0.15, 0.2) is 59.1 Å². The Morgan fingerprint density at radius 1 is 1.18 bits per heavy atom. The number of aliphatic carboxylic acids is 1. The molecule has 1 atom stereocenters. The molecule has 8 nitrogen and oxygen atoms in total. The summed E-state index contributed by atoms with van der Waals surface area (Å²) >= 11 is 0. The second kappa shape index (κ2) is 10.4. The van der Waals surface area contributed by atoms with Gasteiger partial charge in [-0.15, -0.1) is 0 Å². The molecule has 3 aromatic rings. The van der Waals surface area contributed by atoms with E-state index in [-0.39, 0.29) is 23.8 Å². The fraction of sp³-hybridized carbons (Fsp3) is 0.320. The lowest BCUT2D eigenvalue weighted by Crippen LogP contribution is -2.34. The van der Waals surface area contributed by atoms with Gasteiger partial charge in [-0.1, -0.05) is 30.3 Å². The Balaban J connectivity index is 1.40. The first-order chi connectivity index (χ1) is 16.4. The normalized spacial score (nSPS) is 15.1. The van der Waals surface area contributed by atoms with E-state index < -0.39 is 24.1 Å². The van der Waals surface area contributed by atoms with E-state index in [0.29, 0.717) is 5.56 Å². The molecule has 34 heavy (non-hydrogen) atoms. The van der Waals surface area contributed by atoms with Gasteiger partial charge in [0, 0.05) is 30.8 Å². The second-order valence-electron chi connectivity index (χ2n) is 8.34. The zero-order valence-corrected chi connectivity index (χ0v) is 18.7. The topological polar surface area (TPSA) is 105 Å². The third-order valence-corrected chi connectivity index (χ3v) is 6.00. The standard InChI is InChI=1S/C25H26FN3O5/c1-16(18-5-3-2-4-6-18)33-25(32)27-22-23(34-28-24(22)26)19-7-9-20(10-8-19)29-13-11-17(12-14-29)15-21(30)31/h2-10,16-17H,11-15H2,1H3,(H,27,32)(H,30,31). The fourth-order valence-electron chi connectivity index (χ4n) is 4.13. The number of carbonyl (C=O) groups is 2. The predicted molar refractivity (Wildman–Crippen MR) is 124 cm³/mol. The Kier molecular flexibility index (Phi) is 7.10. The molecule has 1 saturated heterocycles. The van der Waals surface area contributed by atoms with Gasteiger partial charge in [0.15, 0.2) is 5.76 Å². The van der Waals surface area contributed by atoms with Crippen LogP contribution in [-0.4, -0.2) is 35.4 Å². The number of ether oxygens (including phenoxy) is 1. The molecule has 0 saturated carbocycles. The molecule has 2 N–H and O–H groups in total. The highest BCUT2D eigenvalue weighted by Crippen LogP contribution is 2.33. The Labute approximate surface area is 196 Å². The molecule has 4 rings (SSSR count). The number of hydrogen-bond acceptors (Lipinski definition) is 6. The number of nitrogens with one attached hydrogen (secondary N) is 1. The van der Waals surface area contributed by atoms with Crippen molar-refractivity contribution in [2.45, 2.75) is 32.3 Å². The molecule has 0 radical (unpaired) electrons. The summed E-state index contributed by atoms with van der Waals surface area (Å²) < 4.78 is 24.8. The van der Waals surface area contributed by atoms with Gasteiger partial charge in [-0.25, -0.2) is 4.79 Å². The summed E-state index contributed by atoms with van der Waals surface area (Å²) in [6.45, 7) is 3.27. The fourth-order valence-corrected chi connectivity index (χ4v) is 4.13. The number of rotatable bonds is 7. The van der Waals surface area contributed by atoms with Gasteiger partial charge in [0.25, 0.3) is 5.95 Å². The molecule has 0 spiro atoms. The molecule has 0 bridgehead atoms. The number of halogens is 1. The highest BCUT2D eigenvalue weighted by atomic mass is 19.1. The first-order valence-corrected chi connectivity index (χ1v) is 11.2. The summed E-state index contributed by atoms with van der Waals surface area (Å²) in [5, 5.41) is 14.7. The lowest BCUT2D eigenvalue weighted by Gasteiger charge is -2.33. The number of piperidine rings is 1. The van der Waals surface area contributed by atoms with Crippen LogP contribution in [0.3, 0.4) is 0 Å². The van der Waals surface area contributed by atoms with Crippen LogP contribution in [0.1, 0.15) is 37.9 Å². The number of anilines is 2. The summed E-state index contributed by atoms with van der Waals surface area (Å²) in [6.07, 6.45) is 0.497. The van der Waals surface area contributed by atoms with Crippen molar-refractivity contribution in [2.75, 3.05) is 23.3 Å². The summed E-state index contributed by atoms with van der Waals surface area (Å²) in [5.74, 6) is -1.41. The van der Waals surface area contributed by atoms with Crippen molar-refractivity contribution in [2.24, 2.45) is 5.92 Å². The molecule has 2 heterocycles. The minimum atomic E-state index is -0.941. The van der Waals surface area contributed by atoms with E-state index >= 15 is 0 Å². The smallest absolute Gasteiger partial charge is 0.412 e. The van der Waals surface area contributed by atoms with Crippen LogP contribution in [0.4, 0.5) is 20.6 Å². The van der Waals surface area contributed by atoms with Gasteiger partial charge in [-0.2, -0.15) is 4.39 Å². The van der Waals surface area contributed by atoms with Crippen molar-refractivity contribution in [3.05, 3.63) is 66.1 Å².